The smallest absolute Gasteiger partial charge is 0.261 e. The molecule has 1 saturated heterocycles. The summed E-state index contributed by atoms with van der Waals surface area (Å²) >= 11 is 0. The molecule has 2 heterocycles. The molecule has 1 fully saturated rings. The van der Waals surface area contributed by atoms with E-state index in [9.17, 15) is 13.2 Å². The Morgan fingerprint density at radius 2 is 2.08 bits per heavy atom. The number of pyridine rings is 1. The molecule has 1 aromatic carbocycles. The second-order valence-corrected chi connectivity index (χ2v) is 7.62. The van der Waals surface area contributed by atoms with Gasteiger partial charge in [0.05, 0.1) is 25.2 Å². The molecule has 26 heavy (non-hydrogen) atoms. The first-order valence-corrected chi connectivity index (χ1v) is 9.88. The molecule has 0 saturated carbocycles. The Hall–Kier alpha value is -2.65. The summed E-state index contributed by atoms with van der Waals surface area (Å²) in [6, 6.07) is 9.68. The number of carbonyl (C=O) groups excluding carboxylic acids is 1. The van der Waals surface area contributed by atoms with Crippen molar-refractivity contribution in [3.8, 4) is 5.88 Å². The molecule has 1 aliphatic rings. The minimum Gasteiger partial charge on any atom is -0.471 e. The largest absolute Gasteiger partial charge is 0.471 e. The lowest BCUT2D eigenvalue weighted by atomic mass is 10.2. The standard InChI is InChI=1S/C17H19N3O5S/c1-26(22,23)20-13-5-2-4-12(10-13)19-16(21)15-6-3-8-18-17(15)25-14-7-9-24-11-14/h2-6,8,10,14,20H,7,9,11H2,1H3,(H,19,21)/t14-/m1/s1. The molecule has 1 aromatic heterocycles. The average Bonchev–Trinajstić information content (AvgIpc) is 3.07. The quantitative estimate of drug-likeness (QED) is 0.796. The number of ether oxygens (including phenoxy) is 2. The molecule has 1 atom stereocenters. The molecule has 1 aliphatic heterocycles. The van der Waals surface area contributed by atoms with Gasteiger partial charge in [-0.3, -0.25) is 9.52 Å². The van der Waals surface area contributed by atoms with E-state index in [-0.39, 0.29) is 12.0 Å². The van der Waals surface area contributed by atoms with E-state index >= 15 is 0 Å². The first-order chi connectivity index (χ1) is 12.4. The van der Waals surface area contributed by atoms with Crippen LogP contribution in [0.5, 0.6) is 5.88 Å². The number of nitrogens with one attached hydrogen (secondary N) is 2. The zero-order valence-electron chi connectivity index (χ0n) is 14.1. The zero-order chi connectivity index (χ0) is 18.6. The van der Waals surface area contributed by atoms with E-state index in [1.54, 1.807) is 36.5 Å². The van der Waals surface area contributed by atoms with Crippen molar-refractivity contribution < 1.29 is 22.7 Å². The maximum absolute atomic E-state index is 12.6. The minimum atomic E-state index is -3.40. The van der Waals surface area contributed by atoms with Gasteiger partial charge in [0.15, 0.2) is 0 Å². The predicted octanol–water partition coefficient (Wildman–Crippen LogP) is 1.87. The lowest BCUT2D eigenvalue weighted by Crippen LogP contribution is -2.20. The second kappa shape index (κ2) is 7.71. The molecular weight excluding hydrogens is 358 g/mol. The van der Waals surface area contributed by atoms with Gasteiger partial charge in [-0.25, -0.2) is 13.4 Å². The number of carbonyl (C=O) groups is 1. The van der Waals surface area contributed by atoms with Crippen molar-refractivity contribution in [2.75, 3.05) is 29.5 Å². The molecule has 2 aromatic rings. The molecule has 138 valence electrons. The highest BCUT2D eigenvalue weighted by Gasteiger charge is 2.21. The van der Waals surface area contributed by atoms with Crippen LogP contribution in [0, 0.1) is 0 Å². The maximum Gasteiger partial charge on any atom is 0.261 e. The lowest BCUT2D eigenvalue weighted by Gasteiger charge is -2.14. The number of hydrogen-bond donors (Lipinski definition) is 2. The Morgan fingerprint density at radius 3 is 2.81 bits per heavy atom. The van der Waals surface area contributed by atoms with E-state index < -0.39 is 15.9 Å². The Bertz CT molecular complexity index is 895. The molecule has 9 heteroatoms. The Morgan fingerprint density at radius 1 is 1.27 bits per heavy atom. The molecule has 1 amide bonds. The van der Waals surface area contributed by atoms with E-state index in [1.807, 2.05) is 0 Å². The van der Waals surface area contributed by atoms with Crippen LogP contribution in [-0.4, -0.2) is 44.9 Å². The van der Waals surface area contributed by atoms with Gasteiger partial charge in [-0.15, -0.1) is 0 Å². The first-order valence-electron chi connectivity index (χ1n) is 7.99. The average molecular weight is 377 g/mol. The summed E-state index contributed by atoms with van der Waals surface area (Å²) in [7, 11) is -3.40. The fourth-order valence-corrected chi connectivity index (χ4v) is 3.05. The van der Waals surface area contributed by atoms with E-state index in [4.69, 9.17) is 9.47 Å². The third-order valence-electron chi connectivity index (χ3n) is 3.61. The van der Waals surface area contributed by atoms with Crippen molar-refractivity contribution in [2.45, 2.75) is 12.5 Å². The van der Waals surface area contributed by atoms with Crippen molar-refractivity contribution >= 4 is 27.3 Å². The number of hydrogen-bond acceptors (Lipinski definition) is 6. The van der Waals surface area contributed by atoms with Crippen LogP contribution in [0.1, 0.15) is 16.8 Å². The van der Waals surface area contributed by atoms with Crippen molar-refractivity contribution in [1.29, 1.82) is 0 Å². The van der Waals surface area contributed by atoms with Gasteiger partial charge in [0.1, 0.15) is 11.7 Å². The third-order valence-corrected chi connectivity index (χ3v) is 4.21. The normalized spacial score (nSPS) is 16.9. The summed E-state index contributed by atoms with van der Waals surface area (Å²) < 4.78 is 36.1. The van der Waals surface area contributed by atoms with Crippen molar-refractivity contribution in [3.63, 3.8) is 0 Å². The van der Waals surface area contributed by atoms with E-state index in [1.165, 1.54) is 6.07 Å². The number of amides is 1. The van der Waals surface area contributed by atoms with Crippen LogP contribution in [0.15, 0.2) is 42.6 Å². The monoisotopic (exact) mass is 377 g/mol. The minimum absolute atomic E-state index is 0.126. The van der Waals surface area contributed by atoms with Crippen molar-refractivity contribution in [2.24, 2.45) is 0 Å². The zero-order valence-corrected chi connectivity index (χ0v) is 15.0. The van der Waals surface area contributed by atoms with Gasteiger partial charge in [0, 0.05) is 18.3 Å². The highest BCUT2D eigenvalue weighted by atomic mass is 32.2. The highest BCUT2D eigenvalue weighted by Crippen LogP contribution is 2.22. The summed E-state index contributed by atoms with van der Waals surface area (Å²) in [5.41, 5.74) is 1.10. The van der Waals surface area contributed by atoms with Crippen LogP contribution in [-0.2, 0) is 14.8 Å². The Labute approximate surface area is 151 Å². The predicted molar refractivity (Wildman–Crippen MR) is 97.0 cm³/mol. The summed E-state index contributed by atoms with van der Waals surface area (Å²) in [6.45, 7) is 1.09. The van der Waals surface area contributed by atoms with E-state index in [0.29, 0.717) is 30.2 Å². The number of rotatable bonds is 6. The van der Waals surface area contributed by atoms with Gasteiger partial charge in [-0.2, -0.15) is 0 Å². The Kier molecular flexibility index (Phi) is 5.38. The molecule has 0 radical (unpaired) electrons. The van der Waals surface area contributed by atoms with Crippen LogP contribution in [0.2, 0.25) is 0 Å². The molecular formula is C17H19N3O5S. The molecule has 0 bridgehead atoms. The van der Waals surface area contributed by atoms with Crippen LogP contribution in [0.3, 0.4) is 0 Å². The molecule has 8 nitrogen and oxygen atoms in total. The van der Waals surface area contributed by atoms with Crippen molar-refractivity contribution in [1.82, 2.24) is 4.98 Å². The highest BCUT2D eigenvalue weighted by molar-refractivity contribution is 7.92. The number of nitrogens with zero attached hydrogens (tertiary/aromatic N) is 1. The van der Waals surface area contributed by atoms with Gasteiger partial charge >= 0.3 is 0 Å². The number of benzene rings is 1. The fourth-order valence-electron chi connectivity index (χ4n) is 2.49. The fraction of sp³-hybridized carbons (Fsp3) is 0.294. The summed E-state index contributed by atoms with van der Waals surface area (Å²) in [5, 5.41) is 2.72. The van der Waals surface area contributed by atoms with Crippen LogP contribution < -0.4 is 14.8 Å². The third kappa shape index (κ3) is 4.93. The Balaban J connectivity index is 1.75. The SMILES string of the molecule is CS(=O)(=O)Nc1cccc(NC(=O)c2cccnc2O[C@@H]2CCOC2)c1. The molecule has 0 aliphatic carbocycles. The van der Waals surface area contributed by atoms with E-state index in [0.717, 1.165) is 12.7 Å². The molecule has 0 spiro atoms. The number of sulfonamides is 1. The summed E-state index contributed by atoms with van der Waals surface area (Å²) in [5.74, 6) is -0.158. The van der Waals surface area contributed by atoms with Crippen LogP contribution in [0.4, 0.5) is 11.4 Å². The first kappa shape index (κ1) is 18.2. The number of aromatic nitrogens is 1. The summed E-state index contributed by atoms with van der Waals surface area (Å²) in [4.78, 5) is 16.7. The molecule has 3 rings (SSSR count). The number of anilines is 2. The molecule has 2 N–H and O–H groups in total. The van der Waals surface area contributed by atoms with Gasteiger partial charge in [-0.1, -0.05) is 6.07 Å². The molecule has 0 unspecified atom stereocenters. The van der Waals surface area contributed by atoms with Crippen LogP contribution >= 0.6 is 0 Å². The second-order valence-electron chi connectivity index (χ2n) is 5.87. The topological polar surface area (TPSA) is 107 Å². The van der Waals surface area contributed by atoms with Gasteiger partial charge < -0.3 is 14.8 Å². The van der Waals surface area contributed by atoms with Gasteiger partial charge in [0.2, 0.25) is 15.9 Å². The van der Waals surface area contributed by atoms with Crippen molar-refractivity contribution in [3.05, 3.63) is 48.2 Å². The van der Waals surface area contributed by atoms with Gasteiger partial charge in [0.25, 0.3) is 5.91 Å². The lowest BCUT2D eigenvalue weighted by molar-refractivity contribution is 0.101. The van der Waals surface area contributed by atoms with Gasteiger partial charge in [-0.05, 0) is 30.3 Å². The summed E-state index contributed by atoms with van der Waals surface area (Å²) in [6.07, 6.45) is 3.23. The maximum atomic E-state index is 12.6. The van der Waals surface area contributed by atoms with Crippen LogP contribution in [0.25, 0.3) is 0 Å². The van der Waals surface area contributed by atoms with E-state index in [2.05, 4.69) is 15.0 Å².